The van der Waals surface area contributed by atoms with Crippen molar-refractivity contribution >= 4 is 0 Å². The molecule has 0 heteroatoms. The third kappa shape index (κ3) is 1.15. The highest BCUT2D eigenvalue weighted by atomic mass is 14.4. The van der Waals surface area contributed by atoms with Gasteiger partial charge in [-0.1, -0.05) is 25.5 Å². The van der Waals surface area contributed by atoms with E-state index in [4.69, 9.17) is 0 Å². The summed E-state index contributed by atoms with van der Waals surface area (Å²) in [5.41, 5.74) is 5.14. The van der Waals surface area contributed by atoms with Crippen LogP contribution in [-0.4, -0.2) is 0 Å². The number of hydrogen-bond acceptors (Lipinski definition) is 0. The first kappa shape index (κ1) is 7.15. The molecule has 1 unspecified atom stereocenters. The zero-order valence-corrected chi connectivity index (χ0v) is 7.48. The van der Waals surface area contributed by atoms with Gasteiger partial charge in [0.1, 0.15) is 0 Å². The molecular formula is C11H16. The predicted octanol–water partition coefficient (Wildman–Crippen LogP) is 3.45. The highest BCUT2D eigenvalue weighted by Gasteiger charge is 2.32. The van der Waals surface area contributed by atoms with Crippen LogP contribution in [0.3, 0.4) is 0 Å². The first-order chi connectivity index (χ1) is 5.33. The Morgan fingerprint density at radius 3 is 2.55 bits per heavy atom. The lowest BCUT2D eigenvalue weighted by atomic mass is 9.84. The van der Waals surface area contributed by atoms with Gasteiger partial charge in [0.25, 0.3) is 0 Å². The molecule has 0 N–H and O–H groups in total. The molecule has 0 heterocycles. The summed E-state index contributed by atoms with van der Waals surface area (Å²) in [5.74, 6) is 0.922. The van der Waals surface area contributed by atoms with Crippen molar-refractivity contribution in [3.63, 3.8) is 0 Å². The van der Waals surface area contributed by atoms with E-state index in [1.165, 1.54) is 25.7 Å². The summed E-state index contributed by atoms with van der Waals surface area (Å²) >= 11 is 0. The van der Waals surface area contributed by atoms with Crippen molar-refractivity contribution < 1.29 is 0 Å². The van der Waals surface area contributed by atoms with Crippen LogP contribution in [0, 0.1) is 5.92 Å². The standard InChI is InChI=1S/C11H16/c1-3-4-9-5-6-10(9)11-7-8(11)2/h4,8H,3,5-7H2,1-2H3. The molecule has 1 atom stereocenters. The van der Waals surface area contributed by atoms with E-state index in [2.05, 4.69) is 19.9 Å². The van der Waals surface area contributed by atoms with Crippen LogP contribution in [0.25, 0.3) is 0 Å². The van der Waals surface area contributed by atoms with Gasteiger partial charge in [-0.3, -0.25) is 0 Å². The average Bonchev–Trinajstić information content (AvgIpc) is 2.60. The molecule has 0 bridgehead atoms. The van der Waals surface area contributed by atoms with Gasteiger partial charge in [0, 0.05) is 0 Å². The van der Waals surface area contributed by atoms with Crippen LogP contribution in [0.1, 0.15) is 39.5 Å². The van der Waals surface area contributed by atoms with Crippen LogP contribution in [0.5, 0.6) is 0 Å². The minimum Gasteiger partial charge on any atom is -0.0813 e. The van der Waals surface area contributed by atoms with Gasteiger partial charge < -0.3 is 0 Å². The summed E-state index contributed by atoms with van der Waals surface area (Å²) < 4.78 is 0. The van der Waals surface area contributed by atoms with Gasteiger partial charge >= 0.3 is 0 Å². The second kappa shape index (κ2) is 2.51. The van der Waals surface area contributed by atoms with Crippen LogP contribution < -0.4 is 0 Å². The average molecular weight is 148 g/mol. The van der Waals surface area contributed by atoms with Crippen molar-refractivity contribution in [1.29, 1.82) is 0 Å². The molecule has 2 rings (SSSR count). The summed E-state index contributed by atoms with van der Waals surface area (Å²) in [6.45, 7) is 4.56. The Hall–Kier alpha value is -0.520. The van der Waals surface area contributed by atoms with Crippen molar-refractivity contribution in [3.05, 3.63) is 22.8 Å². The summed E-state index contributed by atoms with van der Waals surface area (Å²) in [7, 11) is 0. The number of rotatable bonds is 1. The van der Waals surface area contributed by atoms with Crippen molar-refractivity contribution in [1.82, 2.24) is 0 Å². The van der Waals surface area contributed by atoms with Crippen molar-refractivity contribution in [3.8, 4) is 0 Å². The van der Waals surface area contributed by atoms with Crippen LogP contribution >= 0.6 is 0 Å². The third-order valence-corrected chi connectivity index (χ3v) is 2.83. The molecule has 0 nitrogen and oxygen atoms in total. The fourth-order valence-corrected chi connectivity index (χ4v) is 1.92. The largest absolute Gasteiger partial charge is 0.0813 e. The maximum Gasteiger partial charge on any atom is -0.0188 e. The molecule has 60 valence electrons. The predicted molar refractivity (Wildman–Crippen MR) is 48.4 cm³/mol. The Bertz CT molecular complexity index is 230. The van der Waals surface area contributed by atoms with E-state index in [1.807, 2.05) is 0 Å². The first-order valence-corrected chi connectivity index (χ1v) is 4.74. The van der Waals surface area contributed by atoms with Gasteiger partial charge in [-0.25, -0.2) is 0 Å². The molecule has 0 aromatic rings. The molecule has 2 fully saturated rings. The third-order valence-electron chi connectivity index (χ3n) is 2.83. The van der Waals surface area contributed by atoms with Crippen LogP contribution in [0.2, 0.25) is 0 Å². The van der Waals surface area contributed by atoms with E-state index in [-0.39, 0.29) is 0 Å². The van der Waals surface area contributed by atoms with E-state index < -0.39 is 0 Å². The molecule has 0 aliphatic heterocycles. The molecule has 0 amide bonds. The Kier molecular flexibility index (Phi) is 1.63. The monoisotopic (exact) mass is 148 g/mol. The van der Waals surface area contributed by atoms with Gasteiger partial charge in [-0.15, -0.1) is 0 Å². The summed E-state index contributed by atoms with van der Waals surface area (Å²) in [6.07, 6.45) is 7.71. The molecule has 2 saturated carbocycles. The maximum absolute atomic E-state index is 2.40. The lowest BCUT2D eigenvalue weighted by molar-refractivity contribution is 0.804. The summed E-state index contributed by atoms with van der Waals surface area (Å²) in [4.78, 5) is 0. The lowest BCUT2D eigenvalue weighted by Gasteiger charge is -2.22. The Balaban J connectivity index is 2.13. The zero-order valence-electron chi connectivity index (χ0n) is 7.48. The molecule has 2 aliphatic rings. The Morgan fingerprint density at radius 2 is 2.18 bits per heavy atom. The van der Waals surface area contributed by atoms with E-state index >= 15 is 0 Å². The Morgan fingerprint density at radius 1 is 1.45 bits per heavy atom. The van der Waals surface area contributed by atoms with E-state index in [0.717, 1.165) is 5.92 Å². The Labute approximate surface area is 69.0 Å². The van der Waals surface area contributed by atoms with E-state index in [9.17, 15) is 0 Å². The topological polar surface area (TPSA) is 0 Å². The smallest absolute Gasteiger partial charge is 0.0188 e. The van der Waals surface area contributed by atoms with Crippen LogP contribution in [0.4, 0.5) is 0 Å². The molecule has 2 aliphatic carbocycles. The SMILES string of the molecule is CCC=C1CCC1=C1CC1C. The highest BCUT2D eigenvalue weighted by molar-refractivity contribution is 5.48. The quantitative estimate of drug-likeness (QED) is 0.534. The molecule has 0 spiro atoms. The normalized spacial score (nSPS) is 39.1. The molecular weight excluding hydrogens is 132 g/mol. The zero-order chi connectivity index (χ0) is 7.84. The van der Waals surface area contributed by atoms with Gasteiger partial charge in [0.05, 0.1) is 0 Å². The minimum atomic E-state index is 0.922. The van der Waals surface area contributed by atoms with Crippen LogP contribution in [0.15, 0.2) is 22.8 Å². The lowest BCUT2D eigenvalue weighted by Crippen LogP contribution is -2.03. The van der Waals surface area contributed by atoms with Gasteiger partial charge in [0.2, 0.25) is 0 Å². The second-order valence-corrected chi connectivity index (χ2v) is 3.75. The molecule has 0 saturated heterocycles. The van der Waals surface area contributed by atoms with E-state index in [1.54, 1.807) is 16.7 Å². The van der Waals surface area contributed by atoms with Crippen molar-refractivity contribution in [2.75, 3.05) is 0 Å². The number of allylic oxidation sites excluding steroid dienone is 4. The van der Waals surface area contributed by atoms with Crippen molar-refractivity contribution in [2.45, 2.75) is 39.5 Å². The van der Waals surface area contributed by atoms with Crippen molar-refractivity contribution in [2.24, 2.45) is 5.92 Å². The first-order valence-electron chi connectivity index (χ1n) is 4.74. The van der Waals surface area contributed by atoms with E-state index in [0.29, 0.717) is 0 Å². The highest BCUT2D eigenvalue weighted by Crippen LogP contribution is 2.48. The summed E-state index contributed by atoms with van der Waals surface area (Å²) in [5, 5.41) is 0. The van der Waals surface area contributed by atoms with Gasteiger partial charge in [-0.05, 0) is 42.7 Å². The minimum absolute atomic E-state index is 0.922. The molecule has 0 radical (unpaired) electrons. The molecule has 0 aromatic heterocycles. The van der Waals surface area contributed by atoms with Gasteiger partial charge in [-0.2, -0.15) is 0 Å². The van der Waals surface area contributed by atoms with Crippen LogP contribution in [-0.2, 0) is 0 Å². The maximum atomic E-state index is 2.40. The fourth-order valence-electron chi connectivity index (χ4n) is 1.92. The summed E-state index contributed by atoms with van der Waals surface area (Å²) in [6, 6.07) is 0. The molecule has 0 aromatic carbocycles. The molecule has 11 heavy (non-hydrogen) atoms. The fraction of sp³-hybridized carbons (Fsp3) is 0.636. The number of hydrogen-bond donors (Lipinski definition) is 0. The second-order valence-electron chi connectivity index (χ2n) is 3.75. The van der Waals surface area contributed by atoms with Gasteiger partial charge in [0.15, 0.2) is 0 Å².